The second-order valence-corrected chi connectivity index (χ2v) is 8.73. The highest BCUT2D eigenvalue weighted by Gasteiger charge is 2.15. The minimum Gasteiger partial charge on any atom is -0.478 e. The van der Waals surface area contributed by atoms with E-state index in [2.05, 4.69) is 15.0 Å². The molecule has 0 saturated carbocycles. The number of hydrogen-bond acceptors (Lipinski definition) is 5. The van der Waals surface area contributed by atoms with Crippen LogP contribution in [0.1, 0.15) is 34.0 Å². The lowest BCUT2D eigenvalue weighted by Gasteiger charge is -2.11. The van der Waals surface area contributed by atoms with Crippen LogP contribution in [0.2, 0.25) is 0 Å². The number of carbonyl (C=O) groups is 1. The van der Waals surface area contributed by atoms with E-state index < -0.39 is 10.0 Å². The van der Waals surface area contributed by atoms with E-state index in [0.717, 1.165) is 16.7 Å². The van der Waals surface area contributed by atoms with E-state index in [1.807, 2.05) is 20.8 Å². The predicted octanol–water partition coefficient (Wildman–Crippen LogP) is 3.83. The van der Waals surface area contributed by atoms with Crippen LogP contribution in [0.4, 0.5) is 5.69 Å². The van der Waals surface area contributed by atoms with Crippen molar-refractivity contribution < 1.29 is 17.9 Å². The zero-order valence-corrected chi connectivity index (χ0v) is 18.5. The van der Waals surface area contributed by atoms with Gasteiger partial charge in [0.15, 0.2) is 0 Å². The van der Waals surface area contributed by atoms with E-state index in [0.29, 0.717) is 30.3 Å². The van der Waals surface area contributed by atoms with Crippen LogP contribution in [-0.4, -0.2) is 25.9 Å². The SMILES string of the molecule is CCOc1cc(CNC(=O)c2ccc(NS(=O)(=O)c3ccc(C)c(C)c3)cc2)ccn1. The van der Waals surface area contributed by atoms with Gasteiger partial charge in [0, 0.05) is 30.1 Å². The second-order valence-electron chi connectivity index (χ2n) is 7.05. The quantitative estimate of drug-likeness (QED) is 0.556. The summed E-state index contributed by atoms with van der Waals surface area (Å²) in [6.07, 6.45) is 1.63. The maximum atomic E-state index is 12.6. The van der Waals surface area contributed by atoms with Crippen molar-refractivity contribution in [3.05, 3.63) is 83.0 Å². The molecule has 3 aromatic rings. The summed E-state index contributed by atoms with van der Waals surface area (Å²) in [5.74, 6) is 0.244. The van der Waals surface area contributed by atoms with Gasteiger partial charge in [-0.3, -0.25) is 9.52 Å². The van der Waals surface area contributed by atoms with Gasteiger partial charge >= 0.3 is 0 Å². The van der Waals surface area contributed by atoms with Gasteiger partial charge in [0.1, 0.15) is 0 Å². The van der Waals surface area contributed by atoms with Crippen molar-refractivity contribution in [3.63, 3.8) is 0 Å². The summed E-state index contributed by atoms with van der Waals surface area (Å²) < 4.78 is 33.1. The summed E-state index contributed by atoms with van der Waals surface area (Å²) in [6, 6.07) is 14.8. The highest BCUT2D eigenvalue weighted by Crippen LogP contribution is 2.19. The van der Waals surface area contributed by atoms with Crippen molar-refractivity contribution >= 4 is 21.6 Å². The summed E-state index contributed by atoms with van der Waals surface area (Å²) >= 11 is 0. The summed E-state index contributed by atoms with van der Waals surface area (Å²) in [5, 5.41) is 2.83. The van der Waals surface area contributed by atoms with Gasteiger partial charge in [-0.2, -0.15) is 0 Å². The first-order valence-electron chi connectivity index (χ1n) is 9.84. The van der Waals surface area contributed by atoms with E-state index in [9.17, 15) is 13.2 Å². The number of nitrogens with zero attached hydrogens (tertiary/aromatic N) is 1. The number of sulfonamides is 1. The fourth-order valence-corrected chi connectivity index (χ4v) is 4.00. The fraction of sp³-hybridized carbons (Fsp3) is 0.217. The molecule has 0 unspecified atom stereocenters. The third-order valence-electron chi connectivity index (χ3n) is 4.73. The molecular weight excluding hydrogens is 414 g/mol. The van der Waals surface area contributed by atoms with Gasteiger partial charge in [-0.15, -0.1) is 0 Å². The van der Waals surface area contributed by atoms with Crippen molar-refractivity contribution in [2.24, 2.45) is 0 Å². The normalized spacial score (nSPS) is 11.1. The monoisotopic (exact) mass is 439 g/mol. The number of amides is 1. The molecule has 0 aliphatic heterocycles. The molecule has 3 rings (SSSR count). The van der Waals surface area contributed by atoms with Crippen molar-refractivity contribution in [2.45, 2.75) is 32.2 Å². The molecule has 0 atom stereocenters. The van der Waals surface area contributed by atoms with Crippen LogP contribution in [0.25, 0.3) is 0 Å². The number of aromatic nitrogens is 1. The Morgan fingerprint density at radius 1 is 1.00 bits per heavy atom. The third kappa shape index (κ3) is 5.82. The van der Waals surface area contributed by atoms with E-state index in [1.165, 1.54) is 0 Å². The van der Waals surface area contributed by atoms with Gasteiger partial charge in [0.05, 0.1) is 11.5 Å². The molecule has 7 nitrogen and oxygen atoms in total. The minimum absolute atomic E-state index is 0.196. The van der Waals surface area contributed by atoms with Gasteiger partial charge < -0.3 is 10.1 Å². The van der Waals surface area contributed by atoms with Crippen LogP contribution in [-0.2, 0) is 16.6 Å². The zero-order chi connectivity index (χ0) is 22.4. The van der Waals surface area contributed by atoms with Crippen molar-refractivity contribution in [1.29, 1.82) is 0 Å². The van der Waals surface area contributed by atoms with Crippen molar-refractivity contribution in [1.82, 2.24) is 10.3 Å². The topological polar surface area (TPSA) is 97.4 Å². The number of hydrogen-bond donors (Lipinski definition) is 2. The minimum atomic E-state index is -3.71. The van der Waals surface area contributed by atoms with Gasteiger partial charge in [-0.25, -0.2) is 13.4 Å². The molecule has 31 heavy (non-hydrogen) atoms. The number of anilines is 1. The molecule has 2 N–H and O–H groups in total. The molecule has 1 aromatic heterocycles. The molecule has 8 heteroatoms. The molecule has 0 fully saturated rings. The van der Waals surface area contributed by atoms with Crippen LogP contribution >= 0.6 is 0 Å². The third-order valence-corrected chi connectivity index (χ3v) is 6.11. The summed E-state index contributed by atoms with van der Waals surface area (Å²) in [6.45, 7) is 6.51. The maximum absolute atomic E-state index is 12.6. The van der Waals surface area contributed by atoms with Crippen LogP contribution < -0.4 is 14.8 Å². The summed E-state index contributed by atoms with van der Waals surface area (Å²) in [7, 11) is -3.71. The highest BCUT2D eigenvalue weighted by molar-refractivity contribution is 7.92. The van der Waals surface area contributed by atoms with Crippen LogP contribution in [0.3, 0.4) is 0 Å². The number of rotatable bonds is 8. The first kappa shape index (κ1) is 22.3. The van der Waals surface area contributed by atoms with Gasteiger partial charge in [-0.05, 0) is 79.9 Å². The smallest absolute Gasteiger partial charge is 0.261 e. The highest BCUT2D eigenvalue weighted by atomic mass is 32.2. The summed E-state index contributed by atoms with van der Waals surface area (Å²) in [4.78, 5) is 16.7. The van der Waals surface area contributed by atoms with E-state index in [1.54, 1.807) is 60.8 Å². The second kappa shape index (κ2) is 9.61. The van der Waals surface area contributed by atoms with Crippen LogP contribution in [0.5, 0.6) is 5.88 Å². The Labute approximate surface area is 182 Å². The first-order chi connectivity index (χ1) is 14.8. The van der Waals surface area contributed by atoms with E-state index >= 15 is 0 Å². The molecule has 0 saturated heterocycles. The van der Waals surface area contributed by atoms with Crippen molar-refractivity contribution in [3.8, 4) is 5.88 Å². The Morgan fingerprint density at radius 3 is 2.42 bits per heavy atom. The molecule has 0 aliphatic carbocycles. The lowest BCUT2D eigenvalue weighted by Crippen LogP contribution is -2.22. The van der Waals surface area contributed by atoms with E-state index in [-0.39, 0.29) is 10.8 Å². The number of pyridine rings is 1. The summed E-state index contributed by atoms with van der Waals surface area (Å²) in [5.41, 5.74) is 3.59. The molecule has 0 radical (unpaired) electrons. The molecule has 0 aliphatic rings. The number of benzene rings is 2. The van der Waals surface area contributed by atoms with Crippen LogP contribution in [0.15, 0.2) is 65.7 Å². The average molecular weight is 440 g/mol. The van der Waals surface area contributed by atoms with Gasteiger partial charge in [0.2, 0.25) is 5.88 Å². The zero-order valence-electron chi connectivity index (χ0n) is 17.7. The molecule has 1 heterocycles. The van der Waals surface area contributed by atoms with Crippen molar-refractivity contribution in [2.75, 3.05) is 11.3 Å². The standard InChI is InChI=1S/C23H25N3O4S/c1-4-30-22-14-18(11-12-24-22)15-25-23(27)19-6-8-20(9-7-19)26-31(28,29)21-10-5-16(2)17(3)13-21/h5-14,26H,4,15H2,1-3H3,(H,25,27). The van der Waals surface area contributed by atoms with Gasteiger partial charge in [-0.1, -0.05) is 6.07 Å². The molecule has 2 aromatic carbocycles. The Bertz CT molecular complexity index is 1180. The van der Waals surface area contributed by atoms with Crippen LogP contribution in [0, 0.1) is 13.8 Å². The number of nitrogens with one attached hydrogen (secondary N) is 2. The van der Waals surface area contributed by atoms with E-state index in [4.69, 9.17) is 4.74 Å². The maximum Gasteiger partial charge on any atom is 0.261 e. The predicted molar refractivity (Wildman–Crippen MR) is 120 cm³/mol. The average Bonchev–Trinajstić information content (AvgIpc) is 2.74. The lowest BCUT2D eigenvalue weighted by molar-refractivity contribution is 0.0951. The largest absolute Gasteiger partial charge is 0.478 e. The molecule has 162 valence electrons. The number of carbonyl (C=O) groups excluding carboxylic acids is 1. The molecular formula is C23H25N3O4S. The molecule has 0 spiro atoms. The lowest BCUT2D eigenvalue weighted by atomic mass is 10.1. The number of aryl methyl sites for hydroxylation is 2. The number of ether oxygens (including phenoxy) is 1. The Morgan fingerprint density at radius 2 is 1.74 bits per heavy atom. The Balaban J connectivity index is 1.63. The Kier molecular flexibility index (Phi) is 6.91. The first-order valence-corrected chi connectivity index (χ1v) is 11.3. The fourth-order valence-electron chi connectivity index (χ4n) is 2.86. The molecule has 1 amide bonds. The molecule has 0 bridgehead atoms. The Hall–Kier alpha value is -3.39. The van der Waals surface area contributed by atoms with Gasteiger partial charge in [0.25, 0.3) is 15.9 Å².